The minimum atomic E-state index is -0.714. The first-order valence-corrected chi connectivity index (χ1v) is 11.3. The molecular formula is C24H26FNO4S. The molecule has 0 N–H and O–H groups in total. The number of likely N-dealkylation sites (tertiary alicyclic amines) is 1. The summed E-state index contributed by atoms with van der Waals surface area (Å²) < 4.78 is 19.3. The molecule has 1 heterocycles. The van der Waals surface area contributed by atoms with Crippen LogP contribution in [0, 0.1) is 11.7 Å². The summed E-state index contributed by atoms with van der Waals surface area (Å²) >= 11 is 1.13. The van der Waals surface area contributed by atoms with Crippen LogP contribution in [0.5, 0.6) is 0 Å². The van der Waals surface area contributed by atoms with E-state index < -0.39 is 17.0 Å². The Morgan fingerprint density at radius 3 is 2.42 bits per heavy atom. The van der Waals surface area contributed by atoms with Gasteiger partial charge in [0.2, 0.25) is 5.91 Å². The van der Waals surface area contributed by atoms with Crippen LogP contribution in [0.1, 0.15) is 47.9 Å². The Labute approximate surface area is 186 Å². The molecule has 0 spiro atoms. The molecule has 164 valence electrons. The highest BCUT2D eigenvalue weighted by Gasteiger charge is 2.30. The molecule has 0 bridgehead atoms. The monoisotopic (exact) mass is 443 g/mol. The van der Waals surface area contributed by atoms with Gasteiger partial charge in [0.1, 0.15) is 11.1 Å². The molecule has 1 amide bonds. The number of ketones is 1. The van der Waals surface area contributed by atoms with Crippen LogP contribution in [0.2, 0.25) is 0 Å². The van der Waals surface area contributed by atoms with E-state index in [1.165, 1.54) is 25.1 Å². The Morgan fingerprint density at radius 2 is 1.81 bits per heavy atom. The molecule has 0 aliphatic carbocycles. The summed E-state index contributed by atoms with van der Waals surface area (Å²) in [5.41, 5.74) is 1.13. The van der Waals surface area contributed by atoms with Crippen LogP contribution in [0.25, 0.3) is 0 Å². The van der Waals surface area contributed by atoms with Crippen LogP contribution in [-0.2, 0) is 14.3 Å². The van der Waals surface area contributed by atoms with Gasteiger partial charge in [0.25, 0.3) is 0 Å². The predicted octanol–water partition coefficient (Wildman–Crippen LogP) is 4.66. The number of carbonyl (C=O) groups is 3. The standard InChI is InChI=1S/C24H26FNO4S/c1-3-30-24(29)23(18-7-5-4-6-8-18)31-21-15-19(25)9-10-20(21)22(28)17-11-13-26(14-12-17)16(2)27/h4-10,15,17,23H,3,11-14H2,1-2H3. The van der Waals surface area contributed by atoms with Gasteiger partial charge in [-0.25, -0.2) is 4.39 Å². The smallest absolute Gasteiger partial charge is 0.323 e. The van der Waals surface area contributed by atoms with Gasteiger partial charge >= 0.3 is 5.97 Å². The molecule has 5 nitrogen and oxygen atoms in total. The number of halogens is 1. The lowest BCUT2D eigenvalue weighted by Crippen LogP contribution is -2.39. The molecule has 1 saturated heterocycles. The first-order chi connectivity index (χ1) is 14.9. The van der Waals surface area contributed by atoms with Crippen LogP contribution in [0.15, 0.2) is 53.4 Å². The topological polar surface area (TPSA) is 63.7 Å². The number of nitrogens with zero attached hydrogens (tertiary/aromatic N) is 1. The molecule has 0 radical (unpaired) electrons. The van der Waals surface area contributed by atoms with Crippen molar-refractivity contribution in [3.63, 3.8) is 0 Å². The summed E-state index contributed by atoms with van der Waals surface area (Å²) in [4.78, 5) is 39.6. The lowest BCUT2D eigenvalue weighted by atomic mass is 9.89. The fourth-order valence-electron chi connectivity index (χ4n) is 3.70. The first kappa shape index (κ1) is 23.0. The molecule has 1 aliphatic heterocycles. The minimum Gasteiger partial charge on any atom is -0.465 e. The predicted molar refractivity (Wildman–Crippen MR) is 117 cm³/mol. The first-order valence-electron chi connectivity index (χ1n) is 10.4. The van der Waals surface area contributed by atoms with Gasteiger partial charge in [-0.15, -0.1) is 11.8 Å². The lowest BCUT2D eigenvalue weighted by Gasteiger charge is -2.30. The van der Waals surface area contributed by atoms with E-state index in [-0.39, 0.29) is 24.2 Å². The number of piperidine rings is 1. The quantitative estimate of drug-likeness (QED) is 0.354. The average molecular weight is 444 g/mol. The van der Waals surface area contributed by atoms with E-state index >= 15 is 0 Å². The third-order valence-electron chi connectivity index (χ3n) is 5.37. The number of amides is 1. The van der Waals surface area contributed by atoms with Crippen LogP contribution in [0.4, 0.5) is 4.39 Å². The van der Waals surface area contributed by atoms with Gasteiger partial charge in [-0.1, -0.05) is 30.3 Å². The van der Waals surface area contributed by atoms with Gasteiger partial charge in [-0.3, -0.25) is 14.4 Å². The van der Waals surface area contributed by atoms with Crippen molar-refractivity contribution >= 4 is 29.4 Å². The molecule has 2 aromatic carbocycles. The number of thioether (sulfide) groups is 1. The average Bonchev–Trinajstić information content (AvgIpc) is 2.78. The molecule has 1 aliphatic rings. The minimum absolute atomic E-state index is 0.00376. The number of hydrogen-bond acceptors (Lipinski definition) is 5. The second-order valence-corrected chi connectivity index (χ2v) is 8.59. The number of hydrogen-bond donors (Lipinski definition) is 0. The maximum absolute atomic E-state index is 14.1. The van der Waals surface area contributed by atoms with E-state index in [0.29, 0.717) is 36.4 Å². The van der Waals surface area contributed by atoms with Crippen LogP contribution < -0.4 is 0 Å². The Balaban J connectivity index is 1.87. The number of ether oxygens (including phenoxy) is 1. The van der Waals surface area contributed by atoms with Crippen molar-refractivity contribution in [1.29, 1.82) is 0 Å². The molecule has 1 atom stereocenters. The van der Waals surface area contributed by atoms with E-state index in [4.69, 9.17) is 4.74 Å². The Kier molecular flexibility index (Phi) is 7.85. The van der Waals surface area contributed by atoms with E-state index in [2.05, 4.69) is 0 Å². The van der Waals surface area contributed by atoms with Crippen molar-refractivity contribution in [3.8, 4) is 0 Å². The van der Waals surface area contributed by atoms with Crippen LogP contribution in [0.3, 0.4) is 0 Å². The summed E-state index contributed by atoms with van der Waals surface area (Å²) in [5, 5.41) is -0.714. The van der Waals surface area contributed by atoms with Gasteiger partial charge < -0.3 is 9.64 Å². The zero-order valence-corrected chi connectivity index (χ0v) is 18.5. The van der Waals surface area contributed by atoms with E-state index in [0.717, 1.165) is 17.3 Å². The van der Waals surface area contributed by atoms with Crippen molar-refractivity contribution < 1.29 is 23.5 Å². The molecule has 0 aromatic heterocycles. The second kappa shape index (κ2) is 10.6. The Bertz CT molecular complexity index is 942. The number of benzene rings is 2. The number of carbonyl (C=O) groups excluding carboxylic acids is 3. The van der Waals surface area contributed by atoms with Crippen molar-refractivity contribution in [1.82, 2.24) is 4.90 Å². The van der Waals surface area contributed by atoms with E-state index in [9.17, 15) is 18.8 Å². The molecular weight excluding hydrogens is 417 g/mol. The maximum Gasteiger partial charge on any atom is 0.323 e. The van der Waals surface area contributed by atoms with Crippen LogP contribution in [-0.4, -0.2) is 42.3 Å². The number of esters is 1. The van der Waals surface area contributed by atoms with Crippen molar-refractivity contribution in [2.75, 3.05) is 19.7 Å². The summed E-state index contributed by atoms with van der Waals surface area (Å²) in [5.74, 6) is -1.22. The maximum atomic E-state index is 14.1. The summed E-state index contributed by atoms with van der Waals surface area (Å²) in [6, 6.07) is 13.2. The summed E-state index contributed by atoms with van der Waals surface area (Å²) in [6.45, 7) is 4.55. The normalized spacial score (nSPS) is 15.4. The molecule has 7 heteroatoms. The van der Waals surface area contributed by atoms with Crippen molar-refractivity contribution in [2.45, 2.75) is 36.8 Å². The highest BCUT2D eigenvalue weighted by Crippen LogP contribution is 2.39. The van der Waals surface area contributed by atoms with E-state index in [1.54, 1.807) is 11.8 Å². The Hall–Kier alpha value is -2.67. The number of rotatable bonds is 7. The van der Waals surface area contributed by atoms with Gasteiger partial charge in [-0.05, 0) is 43.5 Å². The van der Waals surface area contributed by atoms with Gasteiger partial charge in [0, 0.05) is 36.4 Å². The molecule has 0 saturated carbocycles. The van der Waals surface area contributed by atoms with Crippen LogP contribution >= 0.6 is 11.8 Å². The Morgan fingerprint density at radius 1 is 1.13 bits per heavy atom. The highest BCUT2D eigenvalue weighted by atomic mass is 32.2. The molecule has 3 rings (SSSR count). The largest absolute Gasteiger partial charge is 0.465 e. The second-order valence-electron chi connectivity index (χ2n) is 7.45. The summed E-state index contributed by atoms with van der Waals surface area (Å²) in [7, 11) is 0. The molecule has 2 aromatic rings. The fraction of sp³-hybridized carbons (Fsp3) is 0.375. The van der Waals surface area contributed by atoms with Gasteiger partial charge in [0.05, 0.1) is 6.61 Å². The molecule has 31 heavy (non-hydrogen) atoms. The molecule has 1 fully saturated rings. The third-order valence-corrected chi connectivity index (χ3v) is 6.66. The van der Waals surface area contributed by atoms with Gasteiger partial charge in [-0.2, -0.15) is 0 Å². The van der Waals surface area contributed by atoms with Crippen molar-refractivity contribution in [2.24, 2.45) is 5.92 Å². The third kappa shape index (κ3) is 5.73. The number of Topliss-reactive ketones (excluding diaryl/α,β-unsaturated/α-hetero) is 1. The zero-order valence-electron chi connectivity index (χ0n) is 17.7. The SMILES string of the molecule is CCOC(=O)C(Sc1cc(F)ccc1C(=O)C1CCN(C(C)=O)CC1)c1ccccc1. The van der Waals surface area contributed by atoms with Gasteiger partial charge in [0.15, 0.2) is 5.78 Å². The summed E-state index contributed by atoms with van der Waals surface area (Å²) in [6.07, 6.45) is 1.14. The molecule has 1 unspecified atom stereocenters. The van der Waals surface area contributed by atoms with Crippen molar-refractivity contribution in [3.05, 3.63) is 65.5 Å². The fourth-order valence-corrected chi connectivity index (χ4v) is 4.89. The lowest BCUT2D eigenvalue weighted by molar-refractivity contribution is -0.142. The van der Waals surface area contributed by atoms with E-state index in [1.807, 2.05) is 30.3 Å². The zero-order chi connectivity index (χ0) is 22.4. The highest BCUT2D eigenvalue weighted by molar-refractivity contribution is 8.00.